The molecule has 8 nitrogen and oxygen atoms in total. The summed E-state index contributed by atoms with van der Waals surface area (Å²) < 4.78 is 5.36. The van der Waals surface area contributed by atoms with Gasteiger partial charge >= 0.3 is 11.9 Å². The molecule has 1 aliphatic rings. The molecule has 1 atom stereocenters. The van der Waals surface area contributed by atoms with Gasteiger partial charge in [-0.2, -0.15) is 0 Å². The highest BCUT2D eigenvalue weighted by atomic mass is 32.2. The van der Waals surface area contributed by atoms with E-state index in [4.69, 9.17) is 24.5 Å². The summed E-state index contributed by atoms with van der Waals surface area (Å²) in [5, 5.41) is 28.8. The Bertz CT molecular complexity index is 1070. The first-order chi connectivity index (χ1) is 15.9. The van der Waals surface area contributed by atoms with Gasteiger partial charge in [-0.1, -0.05) is 48.2 Å². The number of fused-ring (bicyclic) bond motifs is 2. The highest BCUT2D eigenvalue weighted by molar-refractivity contribution is 7.99. The van der Waals surface area contributed by atoms with E-state index >= 15 is 0 Å². The third-order valence-electron chi connectivity index (χ3n) is 4.74. The first-order valence-electron chi connectivity index (χ1n) is 10.0. The second kappa shape index (κ2) is 11.3. The largest absolute Gasteiger partial charge is 0.495 e. The van der Waals surface area contributed by atoms with Crippen LogP contribution < -0.4 is 15.0 Å². The first kappa shape index (κ1) is 24.0. The molecule has 0 saturated heterocycles. The maximum Gasteiger partial charge on any atom is 0.414 e. The lowest BCUT2D eigenvalue weighted by molar-refractivity contribution is -0.159. The quantitative estimate of drug-likeness (QED) is 0.399. The summed E-state index contributed by atoms with van der Waals surface area (Å²) in [4.78, 5) is 22.8. The predicted octanol–water partition coefficient (Wildman–Crippen LogP) is 3.93. The maximum absolute atomic E-state index is 10.7. The van der Waals surface area contributed by atoms with Gasteiger partial charge in [0.2, 0.25) is 0 Å². The molecule has 0 spiro atoms. The molecule has 0 bridgehead atoms. The van der Waals surface area contributed by atoms with Gasteiger partial charge in [0.15, 0.2) is 0 Å². The van der Waals surface area contributed by atoms with E-state index in [1.165, 1.54) is 9.79 Å². The second-order valence-corrected chi connectivity index (χ2v) is 8.08. The maximum atomic E-state index is 10.7. The van der Waals surface area contributed by atoms with Crippen LogP contribution >= 0.6 is 11.8 Å². The Morgan fingerprint density at radius 3 is 1.97 bits per heavy atom. The number of anilines is 3. The van der Waals surface area contributed by atoms with E-state index in [1.54, 1.807) is 18.9 Å². The van der Waals surface area contributed by atoms with Gasteiger partial charge in [0, 0.05) is 16.3 Å². The molecule has 3 aromatic carbocycles. The number of ether oxygens (including phenoxy) is 1. The Hall–Kier alpha value is -3.69. The lowest BCUT2D eigenvalue weighted by Crippen LogP contribution is -2.34. The number of nitrogens with zero attached hydrogens (tertiary/aromatic N) is 1. The smallest absolute Gasteiger partial charge is 0.414 e. The Labute approximate surface area is 195 Å². The van der Waals surface area contributed by atoms with Crippen molar-refractivity contribution >= 4 is 40.8 Å². The van der Waals surface area contributed by atoms with Gasteiger partial charge in [-0.25, -0.2) is 9.59 Å². The van der Waals surface area contributed by atoms with Crippen LogP contribution in [0.1, 0.15) is 0 Å². The second-order valence-electron chi connectivity index (χ2n) is 6.99. The van der Waals surface area contributed by atoms with Crippen LogP contribution in [-0.4, -0.2) is 53.6 Å². The summed E-state index contributed by atoms with van der Waals surface area (Å²) in [7, 11) is 1.65. The van der Waals surface area contributed by atoms with E-state index in [-0.39, 0.29) is 0 Å². The third kappa shape index (κ3) is 6.18. The number of carboxylic acids is 2. The van der Waals surface area contributed by atoms with Crippen molar-refractivity contribution in [1.29, 1.82) is 0 Å². The Balaban J connectivity index is 0.000000454. The lowest BCUT2D eigenvalue weighted by Gasteiger charge is -2.34. The van der Waals surface area contributed by atoms with Crippen molar-refractivity contribution in [2.24, 2.45) is 0 Å². The zero-order valence-electron chi connectivity index (χ0n) is 17.8. The van der Waals surface area contributed by atoms with Crippen LogP contribution in [0.15, 0.2) is 82.6 Å². The van der Waals surface area contributed by atoms with Gasteiger partial charge in [-0.05, 0) is 36.4 Å². The Morgan fingerprint density at radius 2 is 1.42 bits per heavy atom. The summed E-state index contributed by atoms with van der Waals surface area (Å²) in [6.45, 7) is 0.949. The normalized spacial score (nSPS) is 12.4. The molecule has 0 radical (unpaired) electrons. The van der Waals surface area contributed by atoms with E-state index in [2.05, 4.69) is 46.6 Å². The number of carboxylic acid groups (broad SMARTS) is 2. The minimum absolute atomic E-state index is 0.439. The van der Waals surface area contributed by atoms with Crippen molar-refractivity contribution < 1.29 is 29.6 Å². The van der Waals surface area contributed by atoms with Crippen LogP contribution in [0.5, 0.6) is 5.75 Å². The minimum Gasteiger partial charge on any atom is -0.495 e. The molecule has 172 valence electrons. The predicted molar refractivity (Wildman–Crippen MR) is 127 cm³/mol. The molecule has 1 aliphatic heterocycles. The number of para-hydroxylation sites is 4. The van der Waals surface area contributed by atoms with E-state index < -0.39 is 18.0 Å². The number of methoxy groups -OCH3 is 1. The zero-order chi connectivity index (χ0) is 23.8. The summed E-state index contributed by atoms with van der Waals surface area (Å²) >= 11 is 1.77. The molecule has 3 aromatic rings. The number of nitrogens with one attached hydrogen (secondary N) is 1. The number of hydrogen-bond acceptors (Lipinski definition) is 7. The van der Waals surface area contributed by atoms with Crippen LogP contribution in [0.4, 0.5) is 17.1 Å². The number of benzene rings is 3. The molecular weight excluding hydrogens is 444 g/mol. The zero-order valence-corrected chi connectivity index (χ0v) is 18.7. The fourth-order valence-electron chi connectivity index (χ4n) is 3.27. The van der Waals surface area contributed by atoms with E-state index in [0.29, 0.717) is 13.1 Å². The molecule has 4 rings (SSSR count). The molecule has 1 heterocycles. The van der Waals surface area contributed by atoms with Gasteiger partial charge < -0.3 is 30.3 Å². The van der Waals surface area contributed by atoms with Gasteiger partial charge in [0.25, 0.3) is 0 Å². The molecule has 4 N–H and O–H groups in total. The number of aliphatic carboxylic acids is 2. The van der Waals surface area contributed by atoms with Gasteiger partial charge in [-0.15, -0.1) is 0 Å². The molecule has 33 heavy (non-hydrogen) atoms. The highest BCUT2D eigenvalue weighted by Gasteiger charge is 2.24. The third-order valence-corrected chi connectivity index (χ3v) is 5.87. The molecule has 0 amide bonds. The van der Waals surface area contributed by atoms with Crippen LogP contribution in [0.2, 0.25) is 0 Å². The molecule has 0 saturated carbocycles. The van der Waals surface area contributed by atoms with Gasteiger partial charge in [0.1, 0.15) is 5.75 Å². The van der Waals surface area contributed by atoms with Crippen LogP contribution in [-0.2, 0) is 9.59 Å². The van der Waals surface area contributed by atoms with Crippen molar-refractivity contribution in [1.82, 2.24) is 0 Å². The summed E-state index contributed by atoms with van der Waals surface area (Å²) in [6, 6.07) is 24.4. The number of carbonyl (C=O) groups is 2. The molecule has 0 aliphatic carbocycles. The van der Waals surface area contributed by atoms with Crippen molar-refractivity contribution in [2.45, 2.75) is 15.9 Å². The molecular formula is C24H24N2O6S. The number of hydrogen-bond donors (Lipinski definition) is 4. The summed E-state index contributed by atoms with van der Waals surface area (Å²) in [5.74, 6) is -2.88. The van der Waals surface area contributed by atoms with Gasteiger partial charge in [0.05, 0.1) is 36.8 Å². The van der Waals surface area contributed by atoms with Crippen LogP contribution in [0, 0.1) is 0 Å². The molecule has 9 heteroatoms. The highest BCUT2D eigenvalue weighted by Crippen LogP contribution is 2.47. The average Bonchev–Trinajstić information content (AvgIpc) is 2.83. The van der Waals surface area contributed by atoms with Crippen molar-refractivity contribution in [3.05, 3.63) is 72.8 Å². The summed E-state index contributed by atoms with van der Waals surface area (Å²) in [6.07, 6.45) is -0.542. The SMILES string of the molecule is COc1ccccc1NCC(O)CN1c2ccccc2Sc2ccccc21.O=C(O)C(=O)O. The van der Waals surface area contributed by atoms with Crippen LogP contribution in [0.25, 0.3) is 0 Å². The standard InChI is InChI=1S/C22H22N2O2S.C2H2O4/c1-26-20-11-5-2-8-17(20)23-14-16(25)15-24-18-9-3-6-12-21(18)27-22-13-7-4-10-19(22)24;3-1(4)2(5)6/h2-13,16,23,25H,14-15H2,1H3;(H,3,4)(H,5,6). The fraction of sp³-hybridized carbons (Fsp3) is 0.167. The number of aliphatic hydroxyl groups is 1. The number of aliphatic hydroxyl groups excluding tert-OH is 1. The fourth-order valence-corrected chi connectivity index (χ4v) is 4.37. The lowest BCUT2D eigenvalue weighted by atomic mass is 10.2. The molecule has 0 fully saturated rings. The van der Waals surface area contributed by atoms with E-state index in [1.807, 2.05) is 36.4 Å². The number of β-amino-alcohol motifs (C(OH)–C–C–N with tert-alkyl or cyclic N) is 1. The average molecular weight is 469 g/mol. The molecule has 0 aromatic heterocycles. The minimum atomic E-state index is -1.82. The summed E-state index contributed by atoms with van der Waals surface area (Å²) in [5.41, 5.74) is 3.16. The Kier molecular flexibility index (Phi) is 8.17. The van der Waals surface area contributed by atoms with Crippen LogP contribution in [0.3, 0.4) is 0 Å². The van der Waals surface area contributed by atoms with Crippen molar-refractivity contribution in [3.8, 4) is 5.75 Å². The van der Waals surface area contributed by atoms with E-state index in [9.17, 15) is 5.11 Å². The topological polar surface area (TPSA) is 119 Å². The number of rotatable bonds is 6. The first-order valence-corrected chi connectivity index (χ1v) is 10.9. The van der Waals surface area contributed by atoms with E-state index in [0.717, 1.165) is 22.8 Å². The monoisotopic (exact) mass is 468 g/mol. The molecule has 1 unspecified atom stereocenters. The Morgan fingerprint density at radius 1 is 0.909 bits per heavy atom. The van der Waals surface area contributed by atoms with Gasteiger partial charge in [-0.3, -0.25) is 0 Å². The van der Waals surface area contributed by atoms with Crippen molar-refractivity contribution in [3.63, 3.8) is 0 Å². The van der Waals surface area contributed by atoms with Crippen molar-refractivity contribution in [2.75, 3.05) is 30.4 Å².